The fraction of sp³-hybridized carbons (Fsp3) is 0.0526. The summed E-state index contributed by atoms with van der Waals surface area (Å²) in [5.74, 6) is 0. The van der Waals surface area contributed by atoms with Gasteiger partial charge in [-0.05, 0) is 23.3 Å². The zero-order chi connectivity index (χ0) is 15.5. The van der Waals surface area contributed by atoms with Crippen molar-refractivity contribution in [3.63, 3.8) is 0 Å². The van der Waals surface area contributed by atoms with Crippen molar-refractivity contribution in [1.82, 2.24) is 4.57 Å². The summed E-state index contributed by atoms with van der Waals surface area (Å²) >= 11 is 0. The zero-order valence-corrected chi connectivity index (χ0v) is 12.2. The maximum atomic E-state index is 12.8. The Balaban J connectivity index is 2.24. The molecule has 0 spiro atoms. The first-order valence-electron chi connectivity index (χ1n) is 6.95. The van der Waals surface area contributed by atoms with E-state index in [1.54, 1.807) is 24.4 Å². The van der Waals surface area contributed by atoms with Crippen LogP contribution in [0.2, 0.25) is 0 Å². The third-order valence-corrected chi connectivity index (χ3v) is 3.54. The summed E-state index contributed by atoms with van der Waals surface area (Å²) in [6.07, 6.45) is 3.63. The number of pyridine rings is 1. The highest BCUT2D eigenvalue weighted by atomic mass is 16.1. The number of nitrogens with zero attached hydrogens (tertiary/aromatic N) is 2. The molecule has 1 aromatic heterocycles. The highest BCUT2D eigenvalue weighted by molar-refractivity contribution is 5.72. The normalized spacial score (nSPS) is 10.2. The van der Waals surface area contributed by atoms with Gasteiger partial charge in [0.15, 0.2) is 5.43 Å². The van der Waals surface area contributed by atoms with E-state index >= 15 is 0 Å². The number of hydrogen-bond acceptors (Lipinski definition) is 2. The van der Waals surface area contributed by atoms with E-state index in [0.29, 0.717) is 16.7 Å². The largest absolute Gasteiger partial charge is 0.356 e. The van der Waals surface area contributed by atoms with Crippen LogP contribution in [-0.4, -0.2) is 4.57 Å². The zero-order valence-electron chi connectivity index (χ0n) is 12.2. The van der Waals surface area contributed by atoms with Crippen LogP contribution in [0.5, 0.6) is 0 Å². The summed E-state index contributed by atoms with van der Waals surface area (Å²) in [4.78, 5) is 12.8. The lowest BCUT2D eigenvalue weighted by molar-refractivity contribution is 0.904. The Kier molecular flexibility index (Phi) is 3.59. The van der Waals surface area contributed by atoms with Crippen LogP contribution >= 0.6 is 0 Å². The Morgan fingerprint density at radius 1 is 0.909 bits per heavy atom. The van der Waals surface area contributed by atoms with Gasteiger partial charge in [0, 0.05) is 30.6 Å². The van der Waals surface area contributed by atoms with E-state index in [-0.39, 0.29) is 5.43 Å². The summed E-state index contributed by atoms with van der Waals surface area (Å²) in [6.45, 7) is 0. The van der Waals surface area contributed by atoms with Gasteiger partial charge in [-0.3, -0.25) is 4.79 Å². The van der Waals surface area contributed by atoms with Gasteiger partial charge in [-0.2, -0.15) is 5.26 Å². The van der Waals surface area contributed by atoms with Gasteiger partial charge in [0.2, 0.25) is 0 Å². The van der Waals surface area contributed by atoms with Crippen molar-refractivity contribution in [2.75, 3.05) is 0 Å². The van der Waals surface area contributed by atoms with Crippen molar-refractivity contribution in [3.8, 4) is 28.3 Å². The Morgan fingerprint density at radius 2 is 1.55 bits per heavy atom. The van der Waals surface area contributed by atoms with Crippen LogP contribution < -0.4 is 5.43 Å². The van der Waals surface area contributed by atoms with Crippen LogP contribution in [-0.2, 0) is 7.05 Å². The predicted octanol–water partition coefficient (Wildman–Crippen LogP) is 3.59. The van der Waals surface area contributed by atoms with Crippen molar-refractivity contribution >= 4 is 0 Å². The summed E-state index contributed by atoms with van der Waals surface area (Å²) < 4.78 is 1.87. The molecular formula is C19H14N2O. The number of aryl methyl sites for hydroxylation is 1. The van der Waals surface area contributed by atoms with Crippen LogP contribution in [0.15, 0.2) is 71.8 Å². The molecule has 0 amide bonds. The fourth-order valence-corrected chi connectivity index (χ4v) is 2.49. The van der Waals surface area contributed by atoms with E-state index in [2.05, 4.69) is 6.07 Å². The van der Waals surface area contributed by atoms with E-state index in [0.717, 1.165) is 11.1 Å². The molecule has 0 radical (unpaired) electrons. The maximum absolute atomic E-state index is 12.8. The van der Waals surface area contributed by atoms with E-state index in [1.807, 2.05) is 54.2 Å². The van der Waals surface area contributed by atoms with Crippen molar-refractivity contribution in [3.05, 3.63) is 82.8 Å². The molecule has 0 aliphatic heterocycles. The molecule has 0 N–H and O–H groups in total. The van der Waals surface area contributed by atoms with Crippen LogP contribution in [0.3, 0.4) is 0 Å². The van der Waals surface area contributed by atoms with Crippen LogP contribution in [0.1, 0.15) is 5.56 Å². The second-order valence-corrected chi connectivity index (χ2v) is 5.14. The van der Waals surface area contributed by atoms with Crippen molar-refractivity contribution in [1.29, 1.82) is 5.26 Å². The van der Waals surface area contributed by atoms with E-state index in [1.165, 1.54) is 0 Å². The van der Waals surface area contributed by atoms with Gasteiger partial charge >= 0.3 is 0 Å². The number of benzene rings is 2. The number of aromatic nitrogens is 1. The van der Waals surface area contributed by atoms with Gasteiger partial charge in [0.25, 0.3) is 0 Å². The third-order valence-electron chi connectivity index (χ3n) is 3.54. The molecule has 22 heavy (non-hydrogen) atoms. The number of hydrogen-bond donors (Lipinski definition) is 0. The molecule has 3 heteroatoms. The molecule has 2 aromatic carbocycles. The van der Waals surface area contributed by atoms with Gasteiger partial charge in [-0.25, -0.2) is 0 Å². The monoisotopic (exact) mass is 286 g/mol. The van der Waals surface area contributed by atoms with E-state index in [9.17, 15) is 4.79 Å². The van der Waals surface area contributed by atoms with Crippen LogP contribution in [0.25, 0.3) is 22.3 Å². The fourth-order valence-electron chi connectivity index (χ4n) is 2.49. The molecular weight excluding hydrogens is 272 g/mol. The lowest BCUT2D eigenvalue weighted by atomic mass is 10.00. The van der Waals surface area contributed by atoms with E-state index in [4.69, 9.17) is 5.26 Å². The molecule has 0 fully saturated rings. The molecule has 0 saturated carbocycles. The van der Waals surface area contributed by atoms with Gasteiger partial charge in [0.05, 0.1) is 11.6 Å². The molecule has 0 aliphatic rings. The minimum absolute atomic E-state index is 0.0283. The molecule has 3 nitrogen and oxygen atoms in total. The molecule has 0 unspecified atom stereocenters. The second-order valence-electron chi connectivity index (χ2n) is 5.14. The Hall–Kier alpha value is -3.12. The quantitative estimate of drug-likeness (QED) is 0.722. The molecule has 0 atom stereocenters. The topological polar surface area (TPSA) is 45.8 Å². The van der Waals surface area contributed by atoms with Crippen molar-refractivity contribution < 1.29 is 0 Å². The highest BCUT2D eigenvalue weighted by Crippen LogP contribution is 2.21. The number of nitriles is 1. The third kappa shape index (κ3) is 2.55. The smallest absolute Gasteiger partial charge is 0.197 e. The van der Waals surface area contributed by atoms with Crippen LogP contribution in [0.4, 0.5) is 0 Å². The molecule has 1 heterocycles. The maximum Gasteiger partial charge on any atom is 0.197 e. The molecule has 3 aromatic rings. The first kappa shape index (κ1) is 13.8. The average molecular weight is 286 g/mol. The second kappa shape index (κ2) is 5.71. The minimum Gasteiger partial charge on any atom is -0.356 e. The predicted molar refractivity (Wildman–Crippen MR) is 87.3 cm³/mol. The van der Waals surface area contributed by atoms with Crippen LogP contribution in [0, 0.1) is 11.3 Å². The highest BCUT2D eigenvalue weighted by Gasteiger charge is 2.11. The standard InChI is InChI=1S/C19H14N2O/c1-21-12-17(15-7-3-2-4-8-15)19(22)18(13-21)16-9-5-6-14(10-16)11-20/h2-10,12-13H,1H3. The average Bonchev–Trinajstić information content (AvgIpc) is 2.57. The molecule has 106 valence electrons. The van der Waals surface area contributed by atoms with Crippen molar-refractivity contribution in [2.45, 2.75) is 0 Å². The molecule has 0 aliphatic carbocycles. The molecule has 3 rings (SSSR count). The lowest BCUT2D eigenvalue weighted by Gasteiger charge is -2.09. The minimum atomic E-state index is -0.0283. The van der Waals surface area contributed by atoms with E-state index < -0.39 is 0 Å². The van der Waals surface area contributed by atoms with Gasteiger partial charge < -0.3 is 4.57 Å². The Bertz CT molecular complexity index is 918. The summed E-state index contributed by atoms with van der Waals surface area (Å²) in [5.41, 5.74) is 3.42. The van der Waals surface area contributed by atoms with Gasteiger partial charge in [-0.1, -0.05) is 42.5 Å². The first-order chi connectivity index (χ1) is 10.7. The summed E-state index contributed by atoms with van der Waals surface area (Å²) in [6, 6.07) is 18.8. The molecule has 0 bridgehead atoms. The Morgan fingerprint density at radius 3 is 2.23 bits per heavy atom. The van der Waals surface area contributed by atoms with Gasteiger partial charge in [0.1, 0.15) is 0 Å². The summed E-state index contributed by atoms with van der Waals surface area (Å²) in [5, 5.41) is 9.03. The number of rotatable bonds is 2. The van der Waals surface area contributed by atoms with Gasteiger partial charge in [-0.15, -0.1) is 0 Å². The van der Waals surface area contributed by atoms with Crippen molar-refractivity contribution in [2.24, 2.45) is 7.05 Å². The SMILES string of the molecule is Cn1cc(-c2ccccc2)c(=O)c(-c2cccc(C#N)c2)c1. The Labute approximate surface area is 128 Å². The molecule has 0 saturated heterocycles. The summed E-state index contributed by atoms with van der Waals surface area (Å²) in [7, 11) is 1.89. The first-order valence-corrected chi connectivity index (χ1v) is 6.95. The lowest BCUT2D eigenvalue weighted by Crippen LogP contribution is -2.11.